The van der Waals surface area contributed by atoms with Crippen molar-refractivity contribution in [2.75, 3.05) is 13.1 Å². The molecule has 2 nitrogen and oxygen atoms in total. The molecule has 0 unspecified atom stereocenters. The smallest absolute Gasteiger partial charge is 0.0589 e. The van der Waals surface area contributed by atoms with Gasteiger partial charge in [-0.1, -0.05) is 0 Å². The van der Waals surface area contributed by atoms with Gasteiger partial charge in [-0.2, -0.15) is 0 Å². The van der Waals surface area contributed by atoms with Crippen LogP contribution in [0.1, 0.15) is 6.92 Å². The molecule has 0 saturated heterocycles. The second-order valence-corrected chi connectivity index (χ2v) is 1.56. The maximum atomic E-state index is 4.10. The first kappa shape index (κ1) is 4.50. The lowest BCUT2D eigenvalue weighted by Crippen LogP contribution is -2.03. The lowest BCUT2D eigenvalue weighted by molar-refractivity contribution is 0.969. The molecule has 38 valence electrons. The van der Waals surface area contributed by atoms with Gasteiger partial charge in [0.1, 0.15) is 0 Å². The summed E-state index contributed by atoms with van der Waals surface area (Å²) < 4.78 is 0. The van der Waals surface area contributed by atoms with E-state index in [1.165, 1.54) is 0 Å². The molecule has 0 radical (unpaired) electrons. The molecule has 0 aromatic rings. The standard InChI is InChI=1S/C5H8N2/c1-5-4-6-2-3-7-5/h4H,2-3H2,1H3. The summed E-state index contributed by atoms with van der Waals surface area (Å²) in [6, 6.07) is 0. The molecule has 1 rings (SSSR count). The van der Waals surface area contributed by atoms with E-state index in [0.717, 1.165) is 18.8 Å². The molecule has 0 spiro atoms. The molecule has 0 aromatic carbocycles. The predicted molar refractivity (Wildman–Crippen MR) is 31.3 cm³/mol. The summed E-state index contributed by atoms with van der Waals surface area (Å²) in [6.07, 6.45) is 1.81. The van der Waals surface area contributed by atoms with E-state index in [0.29, 0.717) is 0 Å². The van der Waals surface area contributed by atoms with Crippen molar-refractivity contribution in [1.82, 2.24) is 0 Å². The van der Waals surface area contributed by atoms with E-state index < -0.39 is 0 Å². The molecular weight excluding hydrogens is 88.1 g/mol. The van der Waals surface area contributed by atoms with Crippen molar-refractivity contribution in [3.63, 3.8) is 0 Å². The summed E-state index contributed by atoms with van der Waals surface area (Å²) >= 11 is 0. The highest BCUT2D eigenvalue weighted by Gasteiger charge is 1.88. The number of hydrogen-bond acceptors (Lipinski definition) is 2. The first-order valence-corrected chi connectivity index (χ1v) is 2.40. The molecule has 0 aromatic heterocycles. The van der Waals surface area contributed by atoms with Crippen LogP contribution in [-0.4, -0.2) is 25.0 Å². The van der Waals surface area contributed by atoms with Crippen LogP contribution in [0.25, 0.3) is 0 Å². The summed E-state index contributed by atoms with van der Waals surface area (Å²) in [5, 5.41) is 0. The Hall–Kier alpha value is -0.660. The Balaban J connectivity index is 2.58. The largest absolute Gasteiger partial charge is 0.289 e. The van der Waals surface area contributed by atoms with Crippen LogP contribution in [0.5, 0.6) is 0 Å². The molecular formula is C5H8N2. The van der Waals surface area contributed by atoms with E-state index in [1.54, 1.807) is 0 Å². The minimum absolute atomic E-state index is 0.872. The Morgan fingerprint density at radius 1 is 1.57 bits per heavy atom. The van der Waals surface area contributed by atoms with Gasteiger partial charge in [0, 0.05) is 11.9 Å². The first-order chi connectivity index (χ1) is 3.39. The highest BCUT2D eigenvalue weighted by atomic mass is 14.9. The number of aliphatic imine (C=N–C) groups is 2. The quantitative estimate of drug-likeness (QED) is 0.420. The molecule has 2 heteroatoms. The van der Waals surface area contributed by atoms with Crippen LogP contribution in [0, 0.1) is 0 Å². The molecule has 0 saturated carbocycles. The van der Waals surface area contributed by atoms with E-state index in [2.05, 4.69) is 9.98 Å². The fraction of sp³-hybridized carbons (Fsp3) is 0.600. The Bertz CT molecular complexity index is 113. The lowest BCUT2D eigenvalue weighted by atomic mass is 10.4. The van der Waals surface area contributed by atoms with Crippen LogP contribution >= 0.6 is 0 Å². The van der Waals surface area contributed by atoms with Crippen LogP contribution < -0.4 is 0 Å². The second kappa shape index (κ2) is 1.87. The van der Waals surface area contributed by atoms with Crippen molar-refractivity contribution >= 4 is 11.9 Å². The number of nitrogens with zero attached hydrogens (tertiary/aromatic N) is 2. The van der Waals surface area contributed by atoms with Crippen LogP contribution in [-0.2, 0) is 0 Å². The van der Waals surface area contributed by atoms with Gasteiger partial charge in [0.2, 0.25) is 0 Å². The molecule has 0 bridgehead atoms. The molecule has 1 aliphatic rings. The van der Waals surface area contributed by atoms with Gasteiger partial charge in [0.15, 0.2) is 0 Å². The van der Waals surface area contributed by atoms with Gasteiger partial charge >= 0.3 is 0 Å². The molecule has 0 atom stereocenters. The van der Waals surface area contributed by atoms with Crippen molar-refractivity contribution in [2.45, 2.75) is 6.92 Å². The van der Waals surface area contributed by atoms with E-state index in [9.17, 15) is 0 Å². The van der Waals surface area contributed by atoms with Crippen LogP contribution in [0.4, 0.5) is 0 Å². The Kier molecular flexibility index (Phi) is 1.20. The molecule has 7 heavy (non-hydrogen) atoms. The summed E-state index contributed by atoms with van der Waals surface area (Å²) in [7, 11) is 0. The van der Waals surface area contributed by atoms with Crippen LogP contribution in [0.15, 0.2) is 9.98 Å². The fourth-order valence-corrected chi connectivity index (χ4v) is 0.522. The second-order valence-electron chi connectivity index (χ2n) is 1.56. The van der Waals surface area contributed by atoms with Crippen LogP contribution in [0.2, 0.25) is 0 Å². The molecule has 1 heterocycles. The molecule has 0 aliphatic carbocycles. The van der Waals surface area contributed by atoms with Crippen molar-refractivity contribution in [2.24, 2.45) is 9.98 Å². The van der Waals surface area contributed by atoms with Gasteiger partial charge in [-0.3, -0.25) is 9.98 Å². The van der Waals surface area contributed by atoms with Crippen molar-refractivity contribution in [1.29, 1.82) is 0 Å². The van der Waals surface area contributed by atoms with E-state index >= 15 is 0 Å². The third-order valence-corrected chi connectivity index (χ3v) is 0.868. The Morgan fingerprint density at radius 2 is 2.43 bits per heavy atom. The maximum absolute atomic E-state index is 4.10. The van der Waals surface area contributed by atoms with E-state index in [4.69, 9.17) is 0 Å². The van der Waals surface area contributed by atoms with Gasteiger partial charge in [-0.15, -0.1) is 0 Å². The SMILES string of the molecule is CC1=NCCN=C1. The summed E-state index contributed by atoms with van der Waals surface area (Å²) in [5.41, 5.74) is 1.05. The zero-order valence-electron chi connectivity index (χ0n) is 4.39. The third kappa shape index (κ3) is 1.11. The van der Waals surface area contributed by atoms with Gasteiger partial charge in [-0.25, -0.2) is 0 Å². The normalized spacial score (nSPS) is 19.3. The van der Waals surface area contributed by atoms with Crippen LogP contribution in [0.3, 0.4) is 0 Å². The monoisotopic (exact) mass is 96.1 g/mol. The minimum Gasteiger partial charge on any atom is -0.289 e. The van der Waals surface area contributed by atoms with E-state index in [1.807, 2.05) is 13.1 Å². The predicted octanol–water partition coefficient (Wildman–Crippen LogP) is 0.532. The summed E-state index contributed by atoms with van der Waals surface area (Å²) in [6.45, 7) is 3.71. The fourth-order valence-electron chi connectivity index (χ4n) is 0.522. The summed E-state index contributed by atoms with van der Waals surface area (Å²) in [5.74, 6) is 0. The lowest BCUT2D eigenvalue weighted by Gasteiger charge is -1.96. The average Bonchev–Trinajstić information content (AvgIpc) is 1.69. The minimum atomic E-state index is 0.872. The highest BCUT2D eigenvalue weighted by Crippen LogP contribution is 1.82. The zero-order chi connectivity index (χ0) is 5.11. The van der Waals surface area contributed by atoms with Crippen molar-refractivity contribution in [3.05, 3.63) is 0 Å². The van der Waals surface area contributed by atoms with Gasteiger partial charge in [0.05, 0.1) is 13.1 Å². The Morgan fingerprint density at radius 3 is 2.71 bits per heavy atom. The van der Waals surface area contributed by atoms with Gasteiger partial charge in [0.25, 0.3) is 0 Å². The number of rotatable bonds is 0. The number of hydrogen-bond donors (Lipinski definition) is 0. The topological polar surface area (TPSA) is 24.7 Å². The first-order valence-electron chi connectivity index (χ1n) is 2.40. The highest BCUT2D eigenvalue weighted by molar-refractivity contribution is 6.29. The van der Waals surface area contributed by atoms with E-state index in [-0.39, 0.29) is 0 Å². The van der Waals surface area contributed by atoms with Gasteiger partial charge in [-0.05, 0) is 6.92 Å². The molecule has 0 N–H and O–H groups in total. The Labute approximate surface area is 43.0 Å². The molecule has 0 fully saturated rings. The average molecular weight is 96.1 g/mol. The molecule has 1 aliphatic heterocycles. The van der Waals surface area contributed by atoms with Crippen molar-refractivity contribution in [3.8, 4) is 0 Å². The summed E-state index contributed by atoms with van der Waals surface area (Å²) in [4.78, 5) is 8.10. The molecule has 0 amide bonds. The maximum Gasteiger partial charge on any atom is 0.0589 e. The zero-order valence-corrected chi connectivity index (χ0v) is 4.39. The van der Waals surface area contributed by atoms with Gasteiger partial charge < -0.3 is 0 Å². The third-order valence-electron chi connectivity index (χ3n) is 0.868. The van der Waals surface area contributed by atoms with Crippen molar-refractivity contribution < 1.29 is 0 Å².